The Balaban J connectivity index is 0.877. The first-order chi connectivity index (χ1) is 44.9. The normalized spacial score (nSPS) is 14.5. The van der Waals surface area contributed by atoms with E-state index in [4.69, 9.17) is 9.98 Å². The summed E-state index contributed by atoms with van der Waals surface area (Å²) in [6, 6.07) is 105. The molecule has 0 fully saturated rings. The third-order valence-electron chi connectivity index (χ3n) is 18.7. The van der Waals surface area contributed by atoms with Crippen LogP contribution in [-0.4, -0.2) is 32.7 Å². The summed E-state index contributed by atoms with van der Waals surface area (Å²) in [7, 11) is 1.89. The molecule has 3 heterocycles. The molecule has 15 aromatic rings. The van der Waals surface area contributed by atoms with Gasteiger partial charge in [0.05, 0.1) is 56.4 Å². The van der Waals surface area contributed by atoms with Crippen LogP contribution in [-0.2, 0) is 5.41 Å². The maximum atomic E-state index is 5.60. The largest absolute Gasteiger partial charge is 0.310 e. The summed E-state index contributed by atoms with van der Waals surface area (Å²) in [6.07, 6.45) is 8.77. The van der Waals surface area contributed by atoms with Crippen molar-refractivity contribution >= 4 is 129 Å². The van der Waals surface area contributed by atoms with Gasteiger partial charge in [-0.1, -0.05) is 172 Å². The number of anilines is 6. The van der Waals surface area contributed by atoms with Gasteiger partial charge in [0.15, 0.2) is 0 Å². The summed E-state index contributed by atoms with van der Waals surface area (Å²) >= 11 is 0. The predicted molar refractivity (Wildman–Crippen MR) is 385 cm³/mol. The van der Waals surface area contributed by atoms with Gasteiger partial charge in [-0.2, -0.15) is 0 Å². The average Bonchev–Trinajstić information content (AvgIpc) is 1.57. The molecule has 0 unspecified atom stereocenters. The maximum absolute atomic E-state index is 5.60. The SMILES string of the molecule is CN=C1C=CC(n2c3ccccc3c3cc(N(c4ccccc4)c4ccccc4)ccc32)=C/C1=C(/C=Nc1cccc(-n2c3ccccc3c3cc4c(cc32)-c2ccccc2C4(C)C)c1)n1c2ccccc2c2cc(N(c3ccccc3)c3ccccc3)ccc21. The first-order valence-corrected chi connectivity index (χ1v) is 31.2. The molecule has 0 saturated carbocycles. The Morgan fingerprint density at radius 3 is 1.46 bits per heavy atom. The molecule has 91 heavy (non-hydrogen) atoms. The molecule has 7 heteroatoms. The molecule has 0 spiro atoms. The highest BCUT2D eigenvalue weighted by Crippen LogP contribution is 2.51. The summed E-state index contributed by atoms with van der Waals surface area (Å²) < 4.78 is 7.23. The zero-order chi connectivity index (χ0) is 60.7. The molecule has 7 nitrogen and oxygen atoms in total. The van der Waals surface area contributed by atoms with E-state index in [0.717, 1.165) is 117 Å². The van der Waals surface area contributed by atoms with Gasteiger partial charge in [-0.05, 0) is 174 Å². The van der Waals surface area contributed by atoms with E-state index in [-0.39, 0.29) is 5.41 Å². The first-order valence-electron chi connectivity index (χ1n) is 31.2. The van der Waals surface area contributed by atoms with Gasteiger partial charge < -0.3 is 23.5 Å². The summed E-state index contributed by atoms with van der Waals surface area (Å²) in [5.74, 6) is 0. The molecule has 2 aliphatic rings. The van der Waals surface area contributed by atoms with Crippen molar-refractivity contribution < 1.29 is 0 Å². The van der Waals surface area contributed by atoms with Crippen LogP contribution >= 0.6 is 0 Å². The van der Waals surface area contributed by atoms with Crippen molar-refractivity contribution in [3.05, 3.63) is 326 Å². The Hall–Kier alpha value is -11.8. The van der Waals surface area contributed by atoms with Crippen molar-refractivity contribution in [2.45, 2.75) is 19.3 Å². The summed E-state index contributed by atoms with van der Waals surface area (Å²) in [5.41, 5.74) is 23.8. The Kier molecular flexibility index (Phi) is 12.6. The molecular weight excluding hydrogens is 1110 g/mol. The Morgan fingerprint density at radius 2 is 0.857 bits per heavy atom. The topological polar surface area (TPSA) is 46.0 Å². The smallest absolute Gasteiger partial charge is 0.0739 e. The molecule has 17 rings (SSSR count). The molecule has 0 amide bonds. The van der Waals surface area contributed by atoms with E-state index in [9.17, 15) is 0 Å². The summed E-state index contributed by atoms with van der Waals surface area (Å²) in [5, 5.41) is 7.03. The fraction of sp³-hybridized carbons (Fsp3) is 0.0476. The second-order valence-corrected chi connectivity index (χ2v) is 24.1. The molecule has 432 valence electrons. The van der Waals surface area contributed by atoms with Gasteiger partial charge in [0.25, 0.3) is 0 Å². The lowest BCUT2D eigenvalue weighted by atomic mass is 9.82. The van der Waals surface area contributed by atoms with Gasteiger partial charge in [0.1, 0.15) is 0 Å². The van der Waals surface area contributed by atoms with E-state index < -0.39 is 0 Å². The van der Waals surface area contributed by atoms with Gasteiger partial charge in [-0.15, -0.1) is 0 Å². The van der Waals surface area contributed by atoms with Crippen LogP contribution in [0.15, 0.2) is 325 Å². The lowest BCUT2D eigenvalue weighted by Crippen LogP contribution is -2.14. The van der Waals surface area contributed by atoms with Crippen LogP contribution in [0, 0.1) is 0 Å². The van der Waals surface area contributed by atoms with E-state index in [2.05, 4.69) is 353 Å². The number of para-hydroxylation sites is 7. The molecular formula is C84H61N7. The fourth-order valence-electron chi connectivity index (χ4n) is 14.5. The number of hydrogen-bond acceptors (Lipinski definition) is 4. The maximum Gasteiger partial charge on any atom is 0.0739 e. The van der Waals surface area contributed by atoms with E-state index >= 15 is 0 Å². The molecule has 0 saturated heterocycles. The highest BCUT2D eigenvalue weighted by Gasteiger charge is 2.36. The molecule has 2 aliphatic carbocycles. The van der Waals surface area contributed by atoms with Crippen molar-refractivity contribution in [1.29, 1.82) is 0 Å². The molecule has 3 aromatic heterocycles. The number of allylic oxidation sites excluding steroid dienone is 6. The summed E-state index contributed by atoms with van der Waals surface area (Å²) in [6.45, 7) is 4.72. The Labute approximate surface area is 528 Å². The number of aliphatic imine (C=N–C) groups is 2. The highest BCUT2D eigenvalue weighted by atomic mass is 15.2. The molecule has 0 radical (unpaired) electrons. The monoisotopic (exact) mass is 1170 g/mol. The number of aromatic nitrogens is 3. The minimum atomic E-state index is -0.124. The van der Waals surface area contributed by atoms with Crippen molar-refractivity contribution in [3.63, 3.8) is 0 Å². The Morgan fingerprint density at radius 1 is 0.374 bits per heavy atom. The van der Waals surface area contributed by atoms with Gasteiger partial charge >= 0.3 is 0 Å². The van der Waals surface area contributed by atoms with E-state index in [1.807, 2.05) is 7.05 Å². The van der Waals surface area contributed by atoms with E-state index in [1.54, 1.807) is 0 Å². The van der Waals surface area contributed by atoms with Crippen molar-refractivity contribution in [1.82, 2.24) is 13.7 Å². The second kappa shape index (κ2) is 21.5. The van der Waals surface area contributed by atoms with Crippen molar-refractivity contribution in [2.75, 3.05) is 16.8 Å². The Bertz CT molecular complexity index is 5480. The number of nitrogens with zero attached hydrogens (tertiary/aromatic N) is 7. The van der Waals surface area contributed by atoms with Crippen LogP contribution < -0.4 is 9.80 Å². The van der Waals surface area contributed by atoms with Crippen molar-refractivity contribution in [3.8, 4) is 16.8 Å². The van der Waals surface area contributed by atoms with Crippen LogP contribution in [0.1, 0.15) is 25.0 Å². The predicted octanol–water partition coefficient (Wildman–Crippen LogP) is 22.0. The fourth-order valence-corrected chi connectivity index (χ4v) is 14.5. The lowest BCUT2D eigenvalue weighted by molar-refractivity contribution is 0.661. The van der Waals surface area contributed by atoms with Gasteiger partial charge in [-0.3, -0.25) is 9.98 Å². The van der Waals surface area contributed by atoms with Gasteiger partial charge in [0.2, 0.25) is 0 Å². The van der Waals surface area contributed by atoms with Crippen LogP contribution in [0.2, 0.25) is 0 Å². The average molecular weight is 1170 g/mol. The molecule has 0 aliphatic heterocycles. The quantitative estimate of drug-likeness (QED) is 0.121. The number of hydrogen-bond donors (Lipinski definition) is 0. The van der Waals surface area contributed by atoms with Crippen molar-refractivity contribution in [2.24, 2.45) is 9.98 Å². The standard InChI is InChI=1S/C84H61N7/c1-84(2)74-39-20-16-35-65(74)69-54-82-72(53-75(69)84)68-38-18-22-41-78(68)90(82)61-34-24-25-56(49-61)86-55-83(91-79-42-23-19-37-67(79)71-51-63(45-48-81(71)91)88(59-30-12-6-13-31-59)60-32-14-7-15-33-60)73-52-64(43-46-76(73)85-3)89-77-40-21-17-36-66(77)70-50-62(44-47-80(70)89)87(57-26-8-4-9-27-57)58-28-10-5-11-29-58/h4-55H,1-3H3/b83-73+,85-76?,86-55?. The molecule has 0 bridgehead atoms. The number of rotatable bonds is 11. The second-order valence-electron chi connectivity index (χ2n) is 24.1. The van der Waals surface area contributed by atoms with E-state index in [0.29, 0.717) is 0 Å². The lowest BCUT2D eigenvalue weighted by Gasteiger charge is -2.25. The minimum absolute atomic E-state index is 0.124. The number of benzene rings is 12. The summed E-state index contributed by atoms with van der Waals surface area (Å²) in [4.78, 5) is 15.4. The first kappa shape index (κ1) is 53.4. The highest BCUT2D eigenvalue weighted by molar-refractivity contribution is 6.27. The third kappa shape index (κ3) is 8.72. The van der Waals surface area contributed by atoms with Crippen LogP contribution in [0.5, 0.6) is 0 Å². The minimum Gasteiger partial charge on any atom is -0.310 e. The zero-order valence-electron chi connectivity index (χ0n) is 50.7. The van der Waals surface area contributed by atoms with Crippen LogP contribution in [0.4, 0.5) is 39.8 Å². The zero-order valence-corrected chi connectivity index (χ0v) is 50.7. The van der Waals surface area contributed by atoms with Gasteiger partial charge in [-0.25, -0.2) is 0 Å². The molecule has 0 N–H and O–H groups in total. The van der Waals surface area contributed by atoms with Crippen LogP contribution in [0.25, 0.3) is 93.6 Å². The van der Waals surface area contributed by atoms with Gasteiger partial charge in [0, 0.05) is 95.9 Å². The number of fused-ring (bicyclic) bond motifs is 12. The molecule has 12 aromatic carbocycles. The van der Waals surface area contributed by atoms with Crippen LogP contribution in [0.3, 0.4) is 0 Å². The molecule has 0 atom stereocenters. The van der Waals surface area contributed by atoms with E-state index in [1.165, 1.54) is 38.5 Å². The third-order valence-corrected chi connectivity index (χ3v) is 18.7.